The zero-order chi connectivity index (χ0) is 13.1. The minimum absolute atomic E-state index is 0.0196. The zero-order valence-electron chi connectivity index (χ0n) is 9.01. The Morgan fingerprint density at radius 1 is 1.28 bits per heavy atom. The summed E-state index contributed by atoms with van der Waals surface area (Å²) in [6.45, 7) is 0. The molecule has 0 bridgehead atoms. The SMILES string of the molecule is Fc1ccc2[nH]c(=S)n(C3(C(F)(F)F)CC3)c2c1. The molecule has 0 radical (unpaired) electrons. The number of nitrogens with zero attached hydrogens (tertiary/aromatic N) is 1. The van der Waals surface area contributed by atoms with Crippen molar-refractivity contribution in [3.63, 3.8) is 0 Å². The Balaban J connectivity index is 2.33. The van der Waals surface area contributed by atoms with Gasteiger partial charge in [0.2, 0.25) is 0 Å². The molecule has 0 amide bonds. The number of hydrogen-bond donors (Lipinski definition) is 1. The molecule has 3 rings (SSSR count). The van der Waals surface area contributed by atoms with Crippen molar-refractivity contribution in [3.8, 4) is 0 Å². The van der Waals surface area contributed by atoms with Crippen LogP contribution < -0.4 is 0 Å². The lowest BCUT2D eigenvalue weighted by Gasteiger charge is -2.21. The molecule has 1 fully saturated rings. The van der Waals surface area contributed by atoms with Crippen molar-refractivity contribution in [2.45, 2.75) is 24.6 Å². The number of hydrogen-bond acceptors (Lipinski definition) is 1. The topological polar surface area (TPSA) is 20.7 Å². The van der Waals surface area contributed by atoms with Gasteiger partial charge in [0.25, 0.3) is 0 Å². The maximum atomic E-state index is 13.2. The molecule has 96 valence electrons. The molecule has 0 unspecified atom stereocenters. The number of halogens is 4. The predicted octanol–water partition coefficient (Wildman–Crippen LogP) is 3.89. The molecular formula is C11H8F4N2S. The maximum Gasteiger partial charge on any atom is 0.412 e. The van der Waals surface area contributed by atoms with Crippen LogP contribution in [0.1, 0.15) is 12.8 Å². The van der Waals surface area contributed by atoms with E-state index >= 15 is 0 Å². The summed E-state index contributed by atoms with van der Waals surface area (Å²) in [5.41, 5.74) is -1.39. The zero-order valence-corrected chi connectivity index (χ0v) is 9.83. The quantitative estimate of drug-likeness (QED) is 0.619. The molecule has 2 nitrogen and oxygen atoms in total. The fourth-order valence-corrected chi connectivity index (χ4v) is 2.64. The van der Waals surface area contributed by atoms with Gasteiger partial charge in [-0.25, -0.2) is 4.39 Å². The summed E-state index contributed by atoms with van der Waals surface area (Å²) in [6, 6.07) is 3.65. The van der Waals surface area contributed by atoms with Crippen LogP contribution >= 0.6 is 12.2 Å². The third-order valence-corrected chi connectivity index (χ3v) is 3.61. The Hall–Kier alpha value is -1.37. The van der Waals surface area contributed by atoms with Gasteiger partial charge >= 0.3 is 6.18 Å². The van der Waals surface area contributed by atoms with Crippen LogP contribution in [0.5, 0.6) is 0 Å². The molecule has 18 heavy (non-hydrogen) atoms. The number of H-pyrrole nitrogens is 1. The molecule has 1 aliphatic rings. The van der Waals surface area contributed by atoms with Gasteiger partial charge in [-0.15, -0.1) is 0 Å². The summed E-state index contributed by atoms with van der Waals surface area (Å²) in [4.78, 5) is 2.68. The summed E-state index contributed by atoms with van der Waals surface area (Å²) in [5.74, 6) is -0.580. The Morgan fingerprint density at radius 3 is 2.50 bits per heavy atom. The van der Waals surface area contributed by atoms with Gasteiger partial charge in [0.05, 0.1) is 11.0 Å². The Labute approximate surface area is 104 Å². The van der Waals surface area contributed by atoms with Crippen molar-refractivity contribution in [1.29, 1.82) is 0 Å². The Morgan fingerprint density at radius 2 is 1.94 bits per heavy atom. The van der Waals surface area contributed by atoms with Crippen molar-refractivity contribution in [3.05, 3.63) is 28.8 Å². The van der Waals surface area contributed by atoms with Gasteiger partial charge in [0.1, 0.15) is 11.4 Å². The second kappa shape index (κ2) is 3.34. The highest BCUT2D eigenvalue weighted by Gasteiger charge is 2.65. The van der Waals surface area contributed by atoms with E-state index in [1.54, 1.807) is 0 Å². The monoisotopic (exact) mass is 276 g/mol. The molecule has 1 aliphatic carbocycles. The van der Waals surface area contributed by atoms with Crippen LogP contribution in [0.2, 0.25) is 0 Å². The van der Waals surface area contributed by atoms with Gasteiger partial charge in [-0.3, -0.25) is 0 Å². The predicted molar refractivity (Wildman–Crippen MR) is 60.3 cm³/mol. The molecule has 1 N–H and O–H groups in total. The molecule has 1 saturated carbocycles. The first-order chi connectivity index (χ1) is 8.35. The second-order valence-corrected chi connectivity index (χ2v) is 4.84. The van der Waals surface area contributed by atoms with Gasteiger partial charge in [0.15, 0.2) is 4.77 Å². The van der Waals surface area contributed by atoms with Crippen molar-refractivity contribution in [2.24, 2.45) is 0 Å². The molecule has 0 spiro atoms. The number of nitrogens with one attached hydrogen (secondary N) is 1. The van der Waals surface area contributed by atoms with E-state index in [1.807, 2.05) is 0 Å². The lowest BCUT2D eigenvalue weighted by Crippen LogP contribution is -2.34. The molecule has 0 aliphatic heterocycles. The first-order valence-corrected chi connectivity index (χ1v) is 5.73. The number of fused-ring (bicyclic) bond motifs is 1. The van der Waals surface area contributed by atoms with E-state index in [4.69, 9.17) is 12.2 Å². The number of rotatable bonds is 1. The Kier molecular flexibility index (Phi) is 2.17. The van der Waals surface area contributed by atoms with Crippen LogP contribution in [0.3, 0.4) is 0 Å². The van der Waals surface area contributed by atoms with Crippen LogP contribution in [0, 0.1) is 10.6 Å². The fraction of sp³-hybridized carbons (Fsp3) is 0.364. The highest BCUT2D eigenvalue weighted by molar-refractivity contribution is 7.71. The molecule has 7 heteroatoms. The van der Waals surface area contributed by atoms with Crippen LogP contribution in [-0.2, 0) is 5.54 Å². The van der Waals surface area contributed by atoms with E-state index < -0.39 is 17.5 Å². The first-order valence-electron chi connectivity index (χ1n) is 5.33. The van der Waals surface area contributed by atoms with Crippen LogP contribution in [0.4, 0.5) is 17.6 Å². The van der Waals surface area contributed by atoms with Crippen LogP contribution in [0.25, 0.3) is 11.0 Å². The fourth-order valence-electron chi connectivity index (χ4n) is 2.25. The average molecular weight is 276 g/mol. The molecular weight excluding hydrogens is 268 g/mol. The number of aromatic amines is 1. The molecule has 1 heterocycles. The number of benzene rings is 1. The molecule has 0 saturated heterocycles. The summed E-state index contributed by atoms with van der Waals surface area (Å²) < 4.78 is 53.4. The smallest absolute Gasteiger partial charge is 0.331 e. The van der Waals surface area contributed by atoms with Crippen molar-refractivity contribution in [2.75, 3.05) is 0 Å². The van der Waals surface area contributed by atoms with Crippen LogP contribution in [-0.4, -0.2) is 15.7 Å². The van der Waals surface area contributed by atoms with Gasteiger partial charge in [0, 0.05) is 0 Å². The standard InChI is InChI=1S/C11H8F4N2S/c12-6-1-2-7-8(5-6)17(9(18)16-7)10(3-4-10)11(13,14)15/h1-2,5H,3-4H2,(H,16,18). The minimum Gasteiger partial charge on any atom is -0.331 e. The van der Waals surface area contributed by atoms with Gasteiger partial charge in [-0.05, 0) is 43.3 Å². The molecule has 2 aromatic rings. The average Bonchev–Trinajstić information content (AvgIpc) is 2.98. The Bertz CT molecular complexity index is 678. The van der Waals surface area contributed by atoms with E-state index in [0.717, 1.165) is 10.6 Å². The minimum atomic E-state index is -4.38. The molecule has 0 atom stereocenters. The van der Waals surface area contributed by atoms with E-state index in [1.165, 1.54) is 12.1 Å². The first kappa shape index (κ1) is 11.7. The molecule has 1 aromatic carbocycles. The summed E-state index contributed by atoms with van der Waals surface area (Å²) in [5, 5.41) is 0. The third-order valence-electron chi connectivity index (χ3n) is 3.32. The lowest BCUT2D eigenvalue weighted by atomic mass is 10.2. The van der Waals surface area contributed by atoms with E-state index in [-0.39, 0.29) is 23.1 Å². The van der Waals surface area contributed by atoms with Crippen molar-refractivity contribution >= 4 is 23.3 Å². The highest BCUT2D eigenvalue weighted by Crippen LogP contribution is 2.56. The number of aromatic nitrogens is 2. The van der Waals surface area contributed by atoms with E-state index in [2.05, 4.69) is 4.98 Å². The van der Waals surface area contributed by atoms with Gasteiger partial charge in [-0.1, -0.05) is 0 Å². The maximum absolute atomic E-state index is 13.2. The normalized spacial score (nSPS) is 18.2. The molecule has 1 aromatic heterocycles. The van der Waals surface area contributed by atoms with Crippen molar-refractivity contribution < 1.29 is 17.6 Å². The number of imidazole rings is 1. The largest absolute Gasteiger partial charge is 0.412 e. The van der Waals surface area contributed by atoms with E-state index in [0.29, 0.717) is 5.52 Å². The third kappa shape index (κ3) is 1.43. The van der Waals surface area contributed by atoms with Crippen LogP contribution in [0.15, 0.2) is 18.2 Å². The van der Waals surface area contributed by atoms with E-state index in [9.17, 15) is 17.6 Å². The number of alkyl halides is 3. The lowest BCUT2D eigenvalue weighted by molar-refractivity contribution is -0.179. The summed E-state index contributed by atoms with van der Waals surface area (Å²) in [6.07, 6.45) is -4.42. The second-order valence-electron chi connectivity index (χ2n) is 4.46. The summed E-state index contributed by atoms with van der Waals surface area (Å²) >= 11 is 4.94. The van der Waals surface area contributed by atoms with Crippen molar-refractivity contribution in [1.82, 2.24) is 9.55 Å². The van der Waals surface area contributed by atoms with Gasteiger partial charge < -0.3 is 9.55 Å². The summed E-state index contributed by atoms with van der Waals surface area (Å²) in [7, 11) is 0. The van der Waals surface area contributed by atoms with Gasteiger partial charge in [-0.2, -0.15) is 13.2 Å². The highest BCUT2D eigenvalue weighted by atomic mass is 32.1.